The minimum Gasteiger partial charge on any atom is -0.341 e. The number of hydrogen-bond acceptors (Lipinski definition) is 3. The van der Waals surface area contributed by atoms with E-state index in [1.54, 1.807) is 0 Å². The number of nitrogens with zero attached hydrogens (tertiary/aromatic N) is 3. The van der Waals surface area contributed by atoms with E-state index in [-0.39, 0.29) is 0 Å². The molecule has 0 atom stereocenters. The zero-order chi connectivity index (χ0) is 16.1. The Hall–Kier alpha value is -1.92. The van der Waals surface area contributed by atoms with Gasteiger partial charge in [0.2, 0.25) is 0 Å². The van der Waals surface area contributed by atoms with Gasteiger partial charge in [-0.1, -0.05) is 28.1 Å². The van der Waals surface area contributed by atoms with Crippen LogP contribution in [0.2, 0.25) is 0 Å². The van der Waals surface area contributed by atoms with E-state index in [0.29, 0.717) is 0 Å². The molecule has 23 heavy (non-hydrogen) atoms. The summed E-state index contributed by atoms with van der Waals surface area (Å²) in [4.78, 5) is 7.80. The van der Waals surface area contributed by atoms with Gasteiger partial charge in [0.15, 0.2) is 0 Å². The number of halogens is 1. The van der Waals surface area contributed by atoms with Crippen LogP contribution in [0.25, 0.3) is 11.3 Å². The van der Waals surface area contributed by atoms with Crippen molar-refractivity contribution in [3.05, 3.63) is 58.7 Å². The van der Waals surface area contributed by atoms with Crippen molar-refractivity contribution < 1.29 is 0 Å². The monoisotopic (exact) mass is 373 g/mol. The van der Waals surface area contributed by atoms with Crippen LogP contribution in [0.4, 0.5) is 0 Å². The average molecular weight is 374 g/mol. The second-order valence-electron chi connectivity index (χ2n) is 5.56. The maximum Gasteiger partial charge on any atom is 0.120 e. The highest BCUT2D eigenvalue weighted by atomic mass is 79.9. The molecule has 0 aliphatic rings. The second-order valence-corrected chi connectivity index (χ2v) is 6.47. The fourth-order valence-electron chi connectivity index (χ4n) is 2.48. The summed E-state index contributed by atoms with van der Waals surface area (Å²) in [5, 5.41) is 7.60. The number of aromatic amines is 1. The van der Waals surface area contributed by atoms with Crippen molar-refractivity contribution in [1.29, 1.82) is 0 Å². The number of benzene rings is 1. The SMILES string of the molecule is Cn1cc(CCCNCc2ncc(-c3cccc(Br)c3)[nH]2)cn1. The van der Waals surface area contributed by atoms with Crippen LogP contribution in [0.3, 0.4) is 0 Å². The summed E-state index contributed by atoms with van der Waals surface area (Å²) in [5.74, 6) is 0.960. The van der Waals surface area contributed by atoms with Crippen LogP contribution in [0.5, 0.6) is 0 Å². The molecule has 0 radical (unpaired) electrons. The summed E-state index contributed by atoms with van der Waals surface area (Å²) in [5.41, 5.74) is 3.46. The summed E-state index contributed by atoms with van der Waals surface area (Å²) in [6.45, 7) is 1.71. The highest BCUT2D eigenvalue weighted by Gasteiger charge is 2.03. The van der Waals surface area contributed by atoms with Gasteiger partial charge in [0.05, 0.1) is 24.6 Å². The van der Waals surface area contributed by atoms with Crippen LogP contribution in [0, 0.1) is 0 Å². The number of nitrogens with one attached hydrogen (secondary N) is 2. The highest BCUT2D eigenvalue weighted by molar-refractivity contribution is 9.10. The number of hydrogen-bond donors (Lipinski definition) is 2. The Morgan fingerprint density at radius 2 is 2.22 bits per heavy atom. The minimum absolute atomic E-state index is 0.751. The van der Waals surface area contributed by atoms with E-state index in [1.807, 2.05) is 36.3 Å². The normalized spacial score (nSPS) is 11.0. The van der Waals surface area contributed by atoms with Crippen molar-refractivity contribution >= 4 is 15.9 Å². The molecule has 0 saturated heterocycles. The molecule has 0 amide bonds. The molecule has 0 saturated carbocycles. The number of aryl methyl sites for hydroxylation is 2. The molecular formula is C17H20BrN5. The average Bonchev–Trinajstić information content (AvgIpc) is 3.16. The van der Waals surface area contributed by atoms with E-state index in [2.05, 4.69) is 54.6 Å². The van der Waals surface area contributed by atoms with Gasteiger partial charge in [-0.3, -0.25) is 4.68 Å². The Bertz CT molecular complexity index is 762. The van der Waals surface area contributed by atoms with E-state index < -0.39 is 0 Å². The van der Waals surface area contributed by atoms with Crippen molar-refractivity contribution in [2.75, 3.05) is 6.54 Å². The lowest BCUT2D eigenvalue weighted by Crippen LogP contribution is -2.16. The van der Waals surface area contributed by atoms with Gasteiger partial charge in [-0.25, -0.2) is 4.98 Å². The van der Waals surface area contributed by atoms with Crippen molar-refractivity contribution in [1.82, 2.24) is 25.1 Å². The van der Waals surface area contributed by atoms with Crippen LogP contribution in [0.1, 0.15) is 17.8 Å². The lowest BCUT2D eigenvalue weighted by atomic mass is 10.2. The third kappa shape index (κ3) is 4.53. The van der Waals surface area contributed by atoms with Crippen LogP contribution in [0.15, 0.2) is 47.3 Å². The van der Waals surface area contributed by atoms with Crippen LogP contribution in [-0.2, 0) is 20.0 Å². The first kappa shape index (κ1) is 16.0. The first-order chi connectivity index (χ1) is 11.2. The number of H-pyrrole nitrogens is 1. The fourth-order valence-corrected chi connectivity index (χ4v) is 2.88. The zero-order valence-corrected chi connectivity index (χ0v) is 14.7. The molecule has 2 N–H and O–H groups in total. The number of imidazole rings is 1. The van der Waals surface area contributed by atoms with Crippen LogP contribution < -0.4 is 5.32 Å². The molecule has 3 rings (SSSR count). The number of aromatic nitrogens is 4. The van der Waals surface area contributed by atoms with Crippen molar-refractivity contribution in [3.63, 3.8) is 0 Å². The summed E-state index contributed by atoms with van der Waals surface area (Å²) >= 11 is 3.49. The van der Waals surface area contributed by atoms with E-state index in [9.17, 15) is 0 Å². The molecule has 0 spiro atoms. The Morgan fingerprint density at radius 1 is 1.30 bits per heavy atom. The predicted molar refractivity (Wildman–Crippen MR) is 95.0 cm³/mol. The molecule has 3 aromatic rings. The minimum atomic E-state index is 0.751. The Balaban J connectivity index is 1.44. The van der Waals surface area contributed by atoms with Crippen LogP contribution in [-0.4, -0.2) is 26.3 Å². The third-order valence-corrected chi connectivity index (χ3v) is 4.13. The maximum absolute atomic E-state index is 4.43. The Morgan fingerprint density at radius 3 is 3.00 bits per heavy atom. The molecule has 6 heteroatoms. The van der Waals surface area contributed by atoms with Crippen molar-refractivity contribution in [2.24, 2.45) is 7.05 Å². The van der Waals surface area contributed by atoms with Gasteiger partial charge in [0.1, 0.15) is 5.82 Å². The highest BCUT2D eigenvalue weighted by Crippen LogP contribution is 2.21. The van der Waals surface area contributed by atoms with Gasteiger partial charge in [-0.05, 0) is 37.1 Å². The molecule has 2 aromatic heterocycles. The zero-order valence-electron chi connectivity index (χ0n) is 13.1. The lowest BCUT2D eigenvalue weighted by Gasteiger charge is -2.02. The number of rotatable bonds is 7. The molecule has 2 heterocycles. The molecule has 0 aliphatic carbocycles. The molecule has 0 aliphatic heterocycles. The molecular weight excluding hydrogens is 354 g/mol. The summed E-state index contributed by atoms with van der Waals surface area (Å²) in [6, 6.07) is 8.20. The van der Waals surface area contributed by atoms with Gasteiger partial charge in [0.25, 0.3) is 0 Å². The lowest BCUT2D eigenvalue weighted by molar-refractivity contribution is 0.633. The molecule has 0 bridgehead atoms. The topological polar surface area (TPSA) is 58.5 Å². The van der Waals surface area contributed by atoms with Gasteiger partial charge >= 0.3 is 0 Å². The molecule has 0 fully saturated rings. The summed E-state index contributed by atoms with van der Waals surface area (Å²) < 4.78 is 2.91. The van der Waals surface area contributed by atoms with Crippen LogP contribution >= 0.6 is 15.9 Å². The first-order valence-electron chi connectivity index (χ1n) is 7.69. The quantitative estimate of drug-likeness (QED) is 0.624. The van der Waals surface area contributed by atoms with E-state index in [0.717, 1.165) is 47.5 Å². The maximum atomic E-state index is 4.43. The van der Waals surface area contributed by atoms with Gasteiger partial charge < -0.3 is 10.3 Å². The Kier molecular flexibility index (Phi) is 5.25. The largest absolute Gasteiger partial charge is 0.341 e. The second kappa shape index (κ2) is 7.57. The van der Waals surface area contributed by atoms with E-state index in [4.69, 9.17) is 0 Å². The first-order valence-corrected chi connectivity index (χ1v) is 8.48. The standard InChI is InChI=1S/C17H20BrN5/c1-23-12-13(9-21-23)4-3-7-19-11-17-20-10-16(22-17)14-5-2-6-15(18)8-14/h2,5-6,8-10,12,19H,3-4,7,11H2,1H3,(H,20,22). The smallest absolute Gasteiger partial charge is 0.120 e. The predicted octanol–water partition coefficient (Wildman–Crippen LogP) is 3.30. The van der Waals surface area contributed by atoms with Gasteiger partial charge in [-0.15, -0.1) is 0 Å². The summed E-state index contributed by atoms with van der Waals surface area (Å²) in [6.07, 6.45) is 8.01. The van der Waals surface area contributed by atoms with Gasteiger partial charge in [-0.2, -0.15) is 5.10 Å². The molecule has 5 nitrogen and oxygen atoms in total. The Labute approximate surface area is 144 Å². The fraction of sp³-hybridized carbons (Fsp3) is 0.294. The van der Waals surface area contributed by atoms with Gasteiger partial charge in [0, 0.05) is 23.3 Å². The third-order valence-electron chi connectivity index (χ3n) is 3.63. The summed E-state index contributed by atoms with van der Waals surface area (Å²) in [7, 11) is 1.95. The van der Waals surface area contributed by atoms with Crippen molar-refractivity contribution in [3.8, 4) is 11.3 Å². The molecule has 1 aromatic carbocycles. The van der Waals surface area contributed by atoms with Crippen molar-refractivity contribution in [2.45, 2.75) is 19.4 Å². The van der Waals surface area contributed by atoms with E-state index in [1.165, 1.54) is 5.56 Å². The molecule has 120 valence electrons. The molecule has 0 unspecified atom stereocenters. The van der Waals surface area contributed by atoms with E-state index >= 15 is 0 Å².